The molecule has 4 rings (SSSR count). The summed E-state index contributed by atoms with van der Waals surface area (Å²) in [6.07, 6.45) is 2.10. The maximum absolute atomic E-state index is 12.9. The monoisotopic (exact) mass is 400 g/mol. The van der Waals surface area contributed by atoms with Gasteiger partial charge in [0.1, 0.15) is 0 Å². The van der Waals surface area contributed by atoms with Crippen LogP contribution in [0.25, 0.3) is 22.2 Å². The number of carbonyl (C=O) groups is 1. The summed E-state index contributed by atoms with van der Waals surface area (Å²) < 4.78 is 5.59. The van der Waals surface area contributed by atoms with E-state index in [2.05, 4.69) is 10.3 Å². The Labute approximate surface area is 167 Å². The van der Waals surface area contributed by atoms with Crippen molar-refractivity contribution in [2.24, 2.45) is 0 Å². The molecule has 3 aromatic rings. The van der Waals surface area contributed by atoms with Gasteiger partial charge in [0.2, 0.25) is 0 Å². The first-order valence-electron chi connectivity index (χ1n) is 8.87. The molecule has 1 aromatic heterocycles. The fourth-order valence-corrected chi connectivity index (χ4v) is 3.81. The van der Waals surface area contributed by atoms with Gasteiger partial charge in [0, 0.05) is 29.1 Å². The molecule has 0 bridgehead atoms. The van der Waals surface area contributed by atoms with Gasteiger partial charge in [-0.05, 0) is 43.2 Å². The number of carbonyl (C=O) groups excluding carboxylic acids is 1. The Balaban J connectivity index is 1.73. The smallest absolute Gasteiger partial charge is 0.252 e. The number of hydrogen-bond acceptors (Lipinski definition) is 3. The molecule has 0 aliphatic carbocycles. The van der Waals surface area contributed by atoms with E-state index in [-0.39, 0.29) is 12.0 Å². The van der Waals surface area contributed by atoms with Crippen LogP contribution in [0.3, 0.4) is 0 Å². The number of nitrogens with zero attached hydrogens (tertiary/aromatic N) is 1. The standard InChI is InChI=1S/C21H18Cl2N2O2/c22-13-7-8-16(18(23)10-13)20-11-17(15-5-1-2-6-19(15)25-20)21(26)24-12-14-4-3-9-27-14/h1-2,5-8,10-11,14H,3-4,9,12H2,(H,24,26)/t14-/m0/s1. The molecule has 27 heavy (non-hydrogen) atoms. The zero-order valence-electron chi connectivity index (χ0n) is 14.5. The van der Waals surface area contributed by atoms with Crippen LogP contribution in [0.2, 0.25) is 10.0 Å². The number of rotatable bonds is 4. The van der Waals surface area contributed by atoms with Crippen molar-refractivity contribution in [2.75, 3.05) is 13.2 Å². The molecule has 0 saturated carbocycles. The zero-order chi connectivity index (χ0) is 18.8. The van der Waals surface area contributed by atoms with E-state index in [1.165, 1.54) is 0 Å². The highest BCUT2D eigenvalue weighted by Gasteiger charge is 2.19. The minimum atomic E-state index is -0.143. The molecule has 1 amide bonds. The fraction of sp³-hybridized carbons (Fsp3) is 0.238. The maximum Gasteiger partial charge on any atom is 0.252 e. The van der Waals surface area contributed by atoms with Gasteiger partial charge in [-0.15, -0.1) is 0 Å². The average molecular weight is 401 g/mol. The van der Waals surface area contributed by atoms with Crippen LogP contribution >= 0.6 is 23.2 Å². The van der Waals surface area contributed by atoms with Gasteiger partial charge >= 0.3 is 0 Å². The van der Waals surface area contributed by atoms with E-state index in [4.69, 9.17) is 27.9 Å². The molecule has 2 heterocycles. The molecule has 2 aromatic carbocycles. The summed E-state index contributed by atoms with van der Waals surface area (Å²) in [5.74, 6) is -0.143. The minimum Gasteiger partial charge on any atom is -0.376 e. The third kappa shape index (κ3) is 3.93. The number of hydrogen-bond donors (Lipinski definition) is 1. The maximum atomic E-state index is 12.9. The van der Waals surface area contributed by atoms with E-state index in [9.17, 15) is 4.79 Å². The molecular weight excluding hydrogens is 383 g/mol. The van der Waals surface area contributed by atoms with Gasteiger partial charge in [-0.1, -0.05) is 41.4 Å². The Bertz CT molecular complexity index is 1000. The number of fused-ring (bicyclic) bond motifs is 1. The SMILES string of the molecule is O=C(NC[C@@H]1CCCO1)c1cc(-c2ccc(Cl)cc2Cl)nc2ccccc12. The van der Waals surface area contributed by atoms with Crippen LogP contribution in [0.15, 0.2) is 48.5 Å². The molecule has 1 N–H and O–H groups in total. The highest BCUT2D eigenvalue weighted by atomic mass is 35.5. The lowest BCUT2D eigenvalue weighted by molar-refractivity contribution is 0.0859. The molecule has 4 nitrogen and oxygen atoms in total. The van der Waals surface area contributed by atoms with Crippen LogP contribution in [0.4, 0.5) is 0 Å². The summed E-state index contributed by atoms with van der Waals surface area (Å²) in [6, 6.07) is 14.6. The predicted octanol–water partition coefficient (Wildman–Crippen LogP) is 5.12. The molecule has 1 atom stereocenters. The number of benzene rings is 2. The lowest BCUT2D eigenvalue weighted by Gasteiger charge is -2.13. The van der Waals surface area contributed by atoms with Crippen LogP contribution in [0, 0.1) is 0 Å². The predicted molar refractivity (Wildman–Crippen MR) is 109 cm³/mol. The van der Waals surface area contributed by atoms with Crippen molar-refractivity contribution < 1.29 is 9.53 Å². The normalized spacial score (nSPS) is 16.6. The molecule has 0 radical (unpaired) electrons. The number of halogens is 2. The Hall–Kier alpha value is -2.14. The number of nitrogens with one attached hydrogen (secondary N) is 1. The molecule has 6 heteroatoms. The molecular formula is C21H18Cl2N2O2. The highest BCUT2D eigenvalue weighted by Crippen LogP contribution is 2.31. The zero-order valence-corrected chi connectivity index (χ0v) is 16.1. The second-order valence-corrected chi connectivity index (χ2v) is 7.39. The first-order chi connectivity index (χ1) is 13.1. The molecule has 0 unspecified atom stereocenters. The van der Waals surface area contributed by atoms with Gasteiger partial charge in [-0.25, -0.2) is 4.98 Å². The first kappa shape index (κ1) is 18.2. The number of amides is 1. The van der Waals surface area contributed by atoms with Crippen molar-refractivity contribution in [3.05, 3.63) is 64.1 Å². The minimum absolute atomic E-state index is 0.0900. The van der Waals surface area contributed by atoms with E-state index in [0.29, 0.717) is 27.8 Å². The fourth-order valence-electron chi connectivity index (χ4n) is 3.31. The summed E-state index contributed by atoms with van der Waals surface area (Å²) in [6.45, 7) is 1.27. The van der Waals surface area contributed by atoms with Crippen molar-refractivity contribution in [1.82, 2.24) is 10.3 Å². The third-order valence-corrected chi connectivity index (χ3v) is 5.23. The van der Waals surface area contributed by atoms with E-state index in [0.717, 1.165) is 35.9 Å². The Morgan fingerprint density at radius 2 is 2.04 bits per heavy atom. The lowest BCUT2D eigenvalue weighted by Crippen LogP contribution is -2.31. The summed E-state index contributed by atoms with van der Waals surface area (Å²) >= 11 is 12.4. The van der Waals surface area contributed by atoms with E-state index in [1.807, 2.05) is 30.3 Å². The van der Waals surface area contributed by atoms with Crippen molar-refractivity contribution in [1.29, 1.82) is 0 Å². The summed E-state index contributed by atoms with van der Waals surface area (Å²) in [4.78, 5) is 17.6. The van der Waals surface area contributed by atoms with Crippen LogP contribution in [0.1, 0.15) is 23.2 Å². The molecule has 0 spiro atoms. The van der Waals surface area contributed by atoms with Gasteiger partial charge in [0.25, 0.3) is 5.91 Å². The van der Waals surface area contributed by atoms with Gasteiger partial charge in [-0.2, -0.15) is 0 Å². The quantitative estimate of drug-likeness (QED) is 0.661. The number of aromatic nitrogens is 1. The molecule has 1 fully saturated rings. The Morgan fingerprint density at radius 3 is 2.81 bits per heavy atom. The Morgan fingerprint density at radius 1 is 1.19 bits per heavy atom. The van der Waals surface area contributed by atoms with Gasteiger partial charge in [0.05, 0.1) is 27.9 Å². The molecule has 138 valence electrons. The van der Waals surface area contributed by atoms with Gasteiger partial charge < -0.3 is 10.1 Å². The topological polar surface area (TPSA) is 51.2 Å². The van der Waals surface area contributed by atoms with E-state index in [1.54, 1.807) is 18.2 Å². The lowest BCUT2D eigenvalue weighted by atomic mass is 10.0. The van der Waals surface area contributed by atoms with E-state index >= 15 is 0 Å². The largest absolute Gasteiger partial charge is 0.376 e. The second kappa shape index (κ2) is 7.85. The summed E-state index contributed by atoms with van der Waals surface area (Å²) in [7, 11) is 0. The Kier molecular flexibility index (Phi) is 5.30. The highest BCUT2D eigenvalue weighted by molar-refractivity contribution is 6.36. The first-order valence-corrected chi connectivity index (χ1v) is 9.62. The number of ether oxygens (including phenoxy) is 1. The van der Waals surface area contributed by atoms with Crippen LogP contribution in [-0.4, -0.2) is 30.1 Å². The van der Waals surface area contributed by atoms with Crippen LogP contribution in [-0.2, 0) is 4.74 Å². The molecule has 1 aliphatic rings. The number of para-hydroxylation sites is 1. The van der Waals surface area contributed by atoms with Crippen molar-refractivity contribution in [3.8, 4) is 11.3 Å². The molecule has 1 saturated heterocycles. The summed E-state index contributed by atoms with van der Waals surface area (Å²) in [5.41, 5.74) is 2.68. The second-order valence-electron chi connectivity index (χ2n) is 6.54. The average Bonchev–Trinajstić information content (AvgIpc) is 3.19. The summed E-state index contributed by atoms with van der Waals surface area (Å²) in [5, 5.41) is 4.84. The van der Waals surface area contributed by atoms with Crippen molar-refractivity contribution in [3.63, 3.8) is 0 Å². The van der Waals surface area contributed by atoms with Gasteiger partial charge in [-0.3, -0.25) is 4.79 Å². The van der Waals surface area contributed by atoms with Crippen LogP contribution < -0.4 is 5.32 Å². The molecule has 1 aliphatic heterocycles. The van der Waals surface area contributed by atoms with Crippen molar-refractivity contribution >= 4 is 40.0 Å². The third-order valence-electron chi connectivity index (χ3n) is 4.68. The van der Waals surface area contributed by atoms with E-state index < -0.39 is 0 Å². The van der Waals surface area contributed by atoms with Crippen molar-refractivity contribution in [2.45, 2.75) is 18.9 Å². The van der Waals surface area contributed by atoms with Crippen LogP contribution in [0.5, 0.6) is 0 Å². The van der Waals surface area contributed by atoms with Gasteiger partial charge in [0.15, 0.2) is 0 Å². The number of pyridine rings is 1.